The van der Waals surface area contributed by atoms with E-state index in [1.54, 1.807) is 25.3 Å². The van der Waals surface area contributed by atoms with Crippen LogP contribution in [-0.4, -0.2) is 58.9 Å². The molecule has 0 unspecified atom stereocenters. The van der Waals surface area contributed by atoms with E-state index in [1.807, 2.05) is 12.1 Å². The van der Waals surface area contributed by atoms with Crippen molar-refractivity contribution in [3.8, 4) is 5.75 Å². The summed E-state index contributed by atoms with van der Waals surface area (Å²) >= 11 is 0. The number of carbonyl (C=O) groups is 1. The summed E-state index contributed by atoms with van der Waals surface area (Å²) < 4.78 is 49.4. The van der Waals surface area contributed by atoms with Gasteiger partial charge in [0.25, 0.3) is 5.91 Å². The van der Waals surface area contributed by atoms with Gasteiger partial charge >= 0.3 is 0 Å². The summed E-state index contributed by atoms with van der Waals surface area (Å²) in [4.78, 5) is 21.1. The lowest BCUT2D eigenvalue weighted by molar-refractivity contribution is 0.102. The van der Waals surface area contributed by atoms with Gasteiger partial charge in [-0.25, -0.2) is 22.3 Å². The third kappa shape index (κ3) is 6.89. The lowest BCUT2D eigenvalue weighted by Gasteiger charge is -2.27. The number of halogens is 1. The predicted molar refractivity (Wildman–Crippen MR) is 153 cm³/mol. The lowest BCUT2D eigenvalue weighted by Crippen LogP contribution is -2.33. The number of sulfonamides is 1. The van der Waals surface area contributed by atoms with Crippen LogP contribution in [0.3, 0.4) is 0 Å². The number of nitrogens with one attached hydrogen (secondary N) is 3. The highest BCUT2D eigenvalue weighted by molar-refractivity contribution is 7.92. The summed E-state index contributed by atoms with van der Waals surface area (Å²) in [7, 11) is -2.26. The molecule has 1 saturated carbocycles. The molecule has 216 valence electrons. The zero-order chi connectivity index (χ0) is 29.0. The number of imidazole rings is 1. The maximum absolute atomic E-state index is 14.1. The number of nitrogens with zero attached hydrogens (tertiary/aromatic N) is 4. The van der Waals surface area contributed by atoms with E-state index in [0.717, 1.165) is 37.4 Å². The number of benzene rings is 1. The van der Waals surface area contributed by atoms with Crippen molar-refractivity contribution in [3.05, 3.63) is 72.1 Å². The highest BCUT2D eigenvalue weighted by Crippen LogP contribution is 2.26. The fraction of sp³-hybridized carbons (Fsp3) is 0.333. The van der Waals surface area contributed by atoms with Crippen molar-refractivity contribution in [1.29, 1.82) is 0 Å². The SMILES string of the molecule is COc1ccc(CCS(=O)(=O)Nc2cc(NC3CCC(N)CC3)nn3c(C(=O)Nc4ccncc4F)cnc23)cc1. The van der Waals surface area contributed by atoms with E-state index in [-0.39, 0.29) is 47.0 Å². The number of ether oxygens (including phenoxy) is 1. The van der Waals surface area contributed by atoms with E-state index in [9.17, 15) is 17.6 Å². The van der Waals surface area contributed by atoms with Crippen LogP contribution in [0.15, 0.2) is 55.0 Å². The Kier molecular flexibility index (Phi) is 8.31. The minimum absolute atomic E-state index is 0.00999. The molecule has 0 spiro atoms. The summed E-state index contributed by atoms with van der Waals surface area (Å²) in [6.07, 6.45) is 7.21. The first-order valence-electron chi connectivity index (χ1n) is 13.2. The van der Waals surface area contributed by atoms with Crippen molar-refractivity contribution in [2.24, 2.45) is 5.73 Å². The molecule has 3 heterocycles. The minimum Gasteiger partial charge on any atom is -0.497 e. The molecule has 0 atom stereocenters. The Morgan fingerprint density at radius 2 is 1.88 bits per heavy atom. The second-order valence-corrected chi connectivity index (χ2v) is 11.7. The fourth-order valence-electron chi connectivity index (χ4n) is 4.67. The number of amides is 1. The first-order chi connectivity index (χ1) is 19.7. The van der Waals surface area contributed by atoms with E-state index in [4.69, 9.17) is 10.5 Å². The van der Waals surface area contributed by atoms with Gasteiger partial charge in [-0.3, -0.25) is 14.5 Å². The highest BCUT2D eigenvalue weighted by Gasteiger charge is 2.23. The van der Waals surface area contributed by atoms with Crippen LogP contribution >= 0.6 is 0 Å². The van der Waals surface area contributed by atoms with Crippen molar-refractivity contribution in [3.63, 3.8) is 0 Å². The first kappa shape index (κ1) is 28.2. The van der Waals surface area contributed by atoms with Crippen LogP contribution in [0.2, 0.25) is 0 Å². The van der Waals surface area contributed by atoms with Crippen LogP contribution < -0.4 is 25.8 Å². The van der Waals surface area contributed by atoms with Crippen LogP contribution in [0.25, 0.3) is 5.65 Å². The van der Waals surface area contributed by atoms with Crippen molar-refractivity contribution < 1.29 is 22.3 Å². The van der Waals surface area contributed by atoms with Crippen molar-refractivity contribution in [1.82, 2.24) is 19.6 Å². The van der Waals surface area contributed by atoms with Crippen molar-refractivity contribution in [2.75, 3.05) is 28.2 Å². The molecule has 0 radical (unpaired) electrons. The van der Waals surface area contributed by atoms with Gasteiger partial charge in [0.2, 0.25) is 10.0 Å². The van der Waals surface area contributed by atoms with Gasteiger partial charge in [0.1, 0.15) is 11.6 Å². The van der Waals surface area contributed by atoms with Gasteiger partial charge in [-0.1, -0.05) is 12.1 Å². The maximum Gasteiger partial charge on any atom is 0.276 e. The molecule has 1 aliphatic carbocycles. The normalized spacial score (nSPS) is 17.2. The summed E-state index contributed by atoms with van der Waals surface area (Å²) in [5, 5.41) is 10.4. The average Bonchev–Trinajstić information content (AvgIpc) is 3.39. The summed E-state index contributed by atoms with van der Waals surface area (Å²) in [6.45, 7) is 0. The van der Waals surface area contributed by atoms with Crippen LogP contribution in [0.1, 0.15) is 41.7 Å². The topological polar surface area (TPSA) is 166 Å². The van der Waals surface area contributed by atoms with Crippen LogP contribution in [0.4, 0.5) is 21.6 Å². The third-order valence-corrected chi connectivity index (χ3v) is 8.20. The zero-order valence-electron chi connectivity index (χ0n) is 22.4. The third-order valence-electron chi connectivity index (χ3n) is 6.93. The van der Waals surface area contributed by atoms with Crippen LogP contribution in [-0.2, 0) is 16.4 Å². The van der Waals surface area contributed by atoms with Gasteiger partial charge in [-0.2, -0.15) is 0 Å². The largest absolute Gasteiger partial charge is 0.497 e. The quantitative estimate of drug-likeness (QED) is 0.220. The number of nitrogens with two attached hydrogens (primary N) is 1. The molecule has 3 aromatic heterocycles. The number of aromatic nitrogens is 4. The second-order valence-electron chi connectivity index (χ2n) is 9.91. The molecule has 1 aromatic carbocycles. The Balaban J connectivity index is 1.43. The monoisotopic (exact) mass is 582 g/mol. The summed E-state index contributed by atoms with van der Waals surface area (Å²) in [6, 6.07) is 10.3. The smallest absolute Gasteiger partial charge is 0.276 e. The number of methoxy groups -OCH3 is 1. The Labute approximate surface area is 236 Å². The standard InChI is InChI=1S/C27H31FN8O4S/c1-40-20-8-2-17(3-9-20)11-13-41(38,39)35-23-14-25(32-19-6-4-18(29)5-7-19)34-36-24(16-31-26(23)36)27(37)33-22-10-12-30-15-21(22)28/h2-3,8-10,12,14-16,18-19,35H,4-7,11,13,29H2,1H3,(H,32,34)(H,30,33,37). The molecule has 12 nitrogen and oxygen atoms in total. The first-order valence-corrected chi connectivity index (χ1v) is 14.8. The van der Waals surface area contributed by atoms with Gasteiger partial charge in [0.05, 0.1) is 36.6 Å². The molecule has 41 heavy (non-hydrogen) atoms. The number of pyridine rings is 1. The average molecular weight is 583 g/mol. The van der Waals surface area contributed by atoms with Gasteiger partial charge in [0.15, 0.2) is 17.2 Å². The van der Waals surface area contributed by atoms with Gasteiger partial charge < -0.3 is 21.1 Å². The minimum atomic E-state index is -3.83. The molecule has 1 fully saturated rings. The molecular formula is C27H31FN8O4S. The van der Waals surface area contributed by atoms with Gasteiger partial charge in [0, 0.05) is 24.3 Å². The van der Waals surface area contributed by atoms with Gasteiger partial charge in [-0.05, 0) is 55.9 Å². The Hall–Kier alpha value is -4.30. The Morgan fingerprint density at radius 1 is 1.12 bits per heavy atom. The van der Waals surface area contributed by atoms with E-state index in [2.05, 4.69) is 30.4 Å². The number of carbonyl (C=O) groups excluding carboxylic acids is 1. The van der Waals surface area contributed by atoms with Crippen LogP contribution in [0, 0.1) is 5.82 Å². The number of rotatable bonds is 10. The van der Waals surface area contributed by atoms with Crippen LogP contribution in [0.5, 0.6) is 5.75 Å². The molecule has 14 heteroatoms. The predicted octanol–water partition coefficient (Wildman–Crippen LogP) is 3.19. The van der Waals surface area contributed by atoms with E-state index >= 15 is 0 Å². The number of hydrogen-bond acceptors (Lipinski definition) is 9. The molecule has 0 bridgehead atoms. The van der Waals surface area contributed by atoms with E-state index in [0.29, 0.717) is 11.6 Å². The van der Waals surface area contributed by atoms with Crippen molar-refractivity contribution >= 4 is 38.8 Å². The molecule has 4 aromatic rings. The second kappa shape index (κ2) is 12.1. The van der Waals surface area contributed by atoms with E-state index in [1.165, 1.54) is 23.0 Å². The highest BCUT2D eigenvalue weighted by atomic mass is 32.2. The molecule has 0 aliphatic heterocycles. The summed E-state index contributed by atoms with van der Waals surface area (Å²) in [5.41, 5.74) is 7.07. The molecule has 1 aliphatic rings. The molecule has 5 N–H and O–H groups in total. The zero-order valence-corrected chi connectivity index (χ0v) is 23.2. The number of anilines is 3. The molecular weight excluding hydrogens is 551 g/mol. The molecule has 1 amide bonds. The number of fused-ring (bicyclic) bond motifs is 1. The molecule has 5 rings (SSSR count). The molecule has 0 saturated heterocycles. The maximum atomic E-state index is 14.1. The fourth-order valence-corrected chi connectivity index (χ4v) is 5.76. The number of aryl methyl sites for hydroxylation is 1. The Morgan fingerprint density at radius 3 is 2.59 bits per heavy atom. The number of hydrogen-bond donors (Lipinski definition) is 4. The van der Waals surface area contributed by atoms with E-state index < -0.39 is 21.7 Å². The summed E-state index contributed by atoms with van der Waals surface area (Å²) in [5.74, 6) is -0.533. The van der Waals surface area contributed by atoms with Crippen molar-refractivity contribution in [2.45, 2.75) is 44.2 Å². The Bertz CT molecular complexity index is 1640. The van der Waals surface area contributed by atoms with Gasteiger partial charge in [-0.15, -0.1) is 5.10 Å². The lowest BCUT2D eigenvalue weighted by atomic mass is 9.92.